The molecule has 2 nitrogen and oxygen atoms in total. The van der Waals surface area contributed by atoms with Crippen LogP contribution < -0.4 is 5.32 Å². The summed E-state index contributed by atoms with van der Waals surface area (Å²) in [5.74, 6) is 0. The second-order valence-electron chi connectivity index (χ2n) is 4.54. The zero-order valence-electron chi connectivity index (χ0n) is 11.3. The van der Waals surface area contributed by atoms with E-state index in [0.717, 1.165) is 27.7 Å². The first kappa shape index (κ1) is 15.3. The molecule has 2 aromatic rings. The molecule has 2 rings (SSSR count). The molecule has 20 heavy (non-hydrogen) atoms. The van der Waals surface area contributed by atoms with Gasteiger partial charge in [-0.15, -0.1) is 0 Å². The lowest BCUT2D eigenvalue weighted by Gasteiger charge is -2.18. The molecule has 0 aliphatic heterocycles. The molecule has 0 aliphatic carbocycles. The van der Waals surface area contributed by atoms with Crippen LogP contribution in [0.15, 0.2) is 48.5 Å². The highest BCUT2D eigenvalue weighted by Gasteiger charge is 2.12. The molecule has 1 N–H and O–H groups in total. The zero-order valence-corrected chi connectivity index (χ0v) is 12.8. The number of ether oxygens (including phenoxy) is 1. The number of hydrogen-bond acceptors (Lipinski definition) is 2. The van der Waals surface area contributed by atoms with Gasteiger partial charge in [-0.2, -0.15) is 0 Å². The van der Waals surface area contributed by atoms with E-state index in [1.807, 2.05) is 55.6 Å². The van der Waals surface area contributed by atoms with Crippen molar-refractivity contribution < 1.29 is 4.74 Å². The number of nitrogens with one attached hydrogen (secondary N) is 1. The molecule has 0 aliphatic rings. The predicted octanol–water partition coefficient (Wildman–Crippen LogP) is 4.47. The monoisotopic (exact) mass is 309 g/mol. The average molecular weight is 310 g/mol. The van der Waals surface area contributed by atoms with Gasteiger partial charge in [-0.05, 0) is 42.4 Å². The van der Waals surface area contributed by atoms with Crippen molar-refractivity contribution in [1.82, 2.24) is 5.32 Å². The standard InChI is InChI=1S/C16H17Cl2NO/c1-19-10-16(13-5-3-7-15(18)9-13)20-11-12-4-2-6-14(17)8-12/h2-9,16,19H,10-11H2,1H3. The van der Waals surface area contributed by atoms with Crippen molar-refractivity contribution in [2.75, 3.05) is 13.6 Å². The summed E-state index contributed by atoms with van der Waals surface area (Å²) in [6.45, 7) is 1.24. The Bertz CT molecular complexity index is 560. The zero-order chi connectivity index (χ0) is 14.4. The first-order valence-corrected chi connectivity index (χ1v) is 7.21. The molecule has 0 radical (unpaired) electrons. The highest BCUT2D eigenvalue weighted by Crippen LogP contribution is 2.22. The van der Waals surface area contributed by atoms with Gasteiger partial charge in [0.1, 0.15) is 0 Å². The van der Waals surface area contributed by atoms with Crippen LogP contribution >= 0.6 is 23.2 Å². The minimum atomic E-state index is -0.0438. The van der Waals surface area contributed by atoms with Gasteiger partial charge in [-0.1, -0.05) is 47.5 Å². The third-order valence-electron chi connectivity index (χ3n) is 2.95. The van der Waals surface area contributed by atoms with Gasteiger partial charge in [0.2, 0.25) is 0 Å². The predicted molar refractivity (Wildman–Crippen MR) is 84.4 cm³/mol. The molecule has 0 heterocycles. The molecular weight excluding hydrogens is 293 g/mol. The van der Waals surface area contributed by atoms with Crippen LogP contribution in [0.2, 0.25) is 10.0 Å². The third-order valence-corrected chi connectivity index (χ3v) is 3.42. The normalized spacial score (nSPS) is 12.3. The quantitative estimate of drug-likeness (QED) is 0.850. The Kier molecular flexibility index (Phi) is 5.86. The van der Waals surface area contributed by atoms with E-state index in [0.29, 0.717) is 6.61 Å². The summed E-state index contributed by atoms with van der Waals surface area (Å²) in [4.78, 5) is 0. The largest absolute Gasteiger partial charge is 0.368 e. The molecule has 4 heteroatoms. The Balaban J connectivity index is 2.06. The molecule has 0 amide bonds. The van der Waals surface area contributed by atoms with Gasteiger partial charge in [0, 0.05) is 16.6 Å². The summed E-state index contributed by atoms with van der Waals surface area (Å²) in [7, 11) is 1.90. The highest BCUT2D eigenvalue weighted by molar-refractivity contribution is 6.30. The lowest BCUT2D eigenvalue weighted by atomic mass is 10.1. The SMILES string of the molecule is CNCC(OCc1cccc(Cl)c1)c1cccc(Cl)c1. The van der Waals surface area contributed by atoms with Crippen LogP contribution in [-0.4, -0.2) is 13.6 Å². The van der Waals surface area contributed by atoms with E-state index in [1.54, 1.807) is 0 Å². The topological polar surface area (TPSA) is 21.3 Å². The van der Waals surface area contributed by atoms with E-state index in [1.165, 1.54) is 0 Å². The lowest BCUT2D eigenvalue weighted by molar-refractivity contribution is 0.0411. The minimum Gasteiger partial charge on any atom is -0.368 e. The van der Waals surface area contributed by atoms with Crippen LogP contribution in [-0.2, 0) is 11.3 Å². The van der Waals surface area contributed by atoms with E-state index in [2.05, 4.69) is 5.32 Å². The number of likely N-dealkylation sites (N-methyl/N-ethyl adjacent to an activating group) is 1. The van der Waals surface area contributed by atoms with Gasteiger partial charge >= 0.3 is 0 Å². The van der Waals surface area contributed by atoms with Crippen molar-refractivity contribution in [1.29, 1.82) is 0 Å². The second-order valence-corrected chi connectivity index (χ2v) is 5.42. The lowest BCUT2D eigenvalue weighted by Crippen LogP contribution is -2.19. The Morgan fingerprint density at radius 1 is 1.05 bits per heavy atom. The van der Waals surface area contributed by atoms with Gasteiger partial charge in [0.15, 0.2) is 0 Å². The number of halogens is 2. The molecule has 2 aromatic carbocycles. The molecule has 0 saturated carbocycles. The molecule has 0 saturated heterocycles. The summed E-state index contributed by atoms with van der Waals surface area (Å²) >= 11 is 12.0. The maximum absolute atomic E-state index is 6.03. The number of hydrogen-bond donors (Lipinski definition) is 1. The van der Waals surface area contributed by atoms with Crippen LogP contribution in [0.5, 0.6) is 0 Å². The van der Waals surface area contributed by atoms with Gasteiger partial charge in [0.25, 0.3) is 0 Å². The molecule has 0 fully saturated rings. The van der Waals surface area contributed by atoms with E-state index in [-0.39, 0.29) is 6.10 Å². The van der Waals surface area contributed by atoms with Crippen LogP contribution in [0.1, 0.15) is 17.2 Å². The molecule has 1 unspecified atom stereocenters. The second kappa shape index (κ2) is 7.65. The van der Waals surface area contributed by atoms with Gasteiger partial charge < -0.3 is 10.1 Å². The fraction of sp³-hybridized carbons (Fsp3) is 0.250. The van der Waals surface area contributed by atoms with Crippen molar-refractivity contribution >= 4 is 23.2 Å². The molecule has 106 valence electrons. The fourth-order valence-electron chi connectivity index (χ4n) is 1.99. The minimum absolute atomic E-state index is 0.0438. The Morgan fingerprint density at radius 2 is 1.75 bits per heavy atom. The Morgan fingerprint density at radius 3 is 2.40 bits per heavy atom. The highest BCUT2D eigenvalue weighted by atomic mass is 35.5. The molecule has 0 spiro atoms. The fourth-order valence-corrected chi connectivity index (χ4v) is 2.40. The Labute approximate surface area is 129 Å². The first-order valence-electron chi connectivity index (χ1n) is 6.45. The van der Waals surface area contributed by atoms with Gasteiger partial charge in [-0.25, -0.2) is 0 Å². The number of rotatable bonds is 6. The maximum Gasteiger partial charge on any atom is 0.0954 e. The smallest absolute Gasteiger partial charge is 0.0954 e. The van der Waals surface area contributed by atoms with E-state index in [4.69, 9.17) is 27.9 Å². The van der Waals surface area contributed by atoms with Crippen molar-refractivity contribution in [3.63, 3.8) is 0 Å². The van der Waals surface area contributed by atoms with Crippen LogP contribution in [0.25, 0.3) is 0 Å². The van der Waals surface area contributed by atoms with Gasteiger partial charge in [-0.3, -0.25) is 0 Å². The summed E-state index contributed by atoms with van der Waals surface area (Å²) in [6.07, 6.45) is -0.0438. The van der Waals surface area contributed by atoms with Crippen molar-refractivity contribution in [3.8, 4) is 0 Å². The van der Waals surface area contributed by atoms with Crippen molar-refractivity contribution in [3.05, 3.63) is 69.7 Å². The van der Waals surface area contributed by atoms with E-state index >= 15 is 0 Å². The molecule has 1 atom stereocenters. The first-order chi connectivity index (χ1) is 9.69. The average Bonchev–Trinajstić information content (AvgIpc) is 2.43. The number of benzene rings is 2. The van der Waals surface area contributed by atoms with E-state index < -0.39 is 0 Å². The molecule has 0 aromatic heterocycles. The summed E-state index contributed by atoms with van der Waals surface area (Å²) in [6, 6.07) is 15.4. The van der Waals surface area contributed by atoms with Crippen molar-refractivity contribution in [2.24, 2.45) is 0 Å². The molecule has 0 bridgehead atoms. The summed E-state index contributed by atoms with van der Waals surface area (Å²) in [5, 5.41) is 4.58. The summed E-state index contributed by atoms with van der Waals surface area (Å²) in [5.41, 5.74) is 2.12. The Hall–Kier alpha value is -1.06. The summed E-state index contributed by atoms with van der Waals surface area (Å²) < 4.78 is 5.98. The molecular formula is C16H17Cl2NO. The maximum atomic E-state index is 6.03. The third kappa shape index (κ3) is 4.50. The van der Waals surface area contributed by atoms with Crippen molar-refractivity contribution in [2.45, 2.75) is 12.7 Å². The van der Waals surface area contributed by atoms with E-state index in [9.17, 15) is 0 Å². The van der Waals surface area contributed by atoms with Crippen LogP contribution in [0, 0.1) is 0 Å². The van der Waals surface area contributed by atoms with Crippen LogP contribution in [0.3, 0.4) is 0 Å². The van der Waals surface area contributed by atoms with Gasteiger partial charge in [0.05, 0.1) is 12.7 Å². The van der Waals surface area contributed by atoms with Crippen LogP contribution in [0.4, 0.5) is 0 Å².